The lowest BCUT2D eigenvalue weighted by Crippen LogP contribution is -2.58. The van der Waals surface area contributed by atoms with Crippen molar-refractivity contribution in [2.75, 3.05) is 0 Å². The molecule has 3 nitrogen and oxygen atoms in total. The molecule has 0 aromatic heterocycles. The largest absolute Gasteiger partial charge is 0.508 e. The second-order valence-corrected chi connectivity index (χ2v) is 8.64. The van der Waals surface area contributed by atoms with Gasteiger partial charge in [-0.15, -0.1) is 0 Å². The minimum Gasteiger partial charge on any atom is -0.508 e. The number of phenolic OH excluding ortho intramolecular Hbond substituents is 1. The number of hydrogen-bond donors (Lipinski definition) is 3. The molecule has 0 saturated heterocycles. The van der Waals surface area contributed by atoms with Gasteiger partial charge in [-0.2, -0.15) is 0 Å². The number of fused-ring (bicyclic) bond motifs is 2. The summed E-state index contributed by atoms with van der Waals surface area (Å²) in [5.41, 5.74) is 2.13. The van der Waals surface area contributed by atoms with Gasteiger partial charge in [-0.3, -0.25) is 0 Å². The summed E-state index contributed by atoms with van der Waals surface area (Å²) >= 11 is 0. The van der Waals surface area contributed by atoms with Crippen LogP contribution in [0.2, 0.25) is 0 Å². The molecule has 1 aromatic carbocycles. The molecule has 1 aromatic rings. The summed E-state index contributed by atoms with van der Waals surface area (Å²) in [7, 11) is 0. The van der Waals surface area contributed by atoms with E-state index in [4.69, 9.17) is 0 Å². The molecule has 3 rings (SSSR count). The first kappa shape index (κ1) is 16.8. The Kier molecular flexibility index (Phi) is 4.01. The van der Waals surface area contributed by atoms with Gasteiger partial charge in [0.1, 0.15) is 5.75 Å². The Labute approximate surface area is 139 Å². The molecule has 1 saturated carbocycles. The Morgan fingerprint density at radius 2 is 1.83 bits per heavy atom. The fourth-order valence-electron chi connectivity index (χ4n) is 4.88. The molecule has 2 aliphatic carbocycles. The van der Waals surface area contributed by atoms with Gasteiger partial charge in [-0.05, 0) is 65.7 Å². The fraction of sp³-hybridized carbons (Fsp3) is 0.700. The van der Waals surface area contributed by atoms with E-state index in [2.05, 4.69) is 33.8 Å². The molecule has 128 valence electrons. The maximum absolute atomic E-state index is 11.4. The second-order valence-electron chi connectivity index (χ2n) is 8.64. The molecular formula is C20H30O3. The predicted octanol–water partition coefficient (Wildman–Crippen LogP) is 3.53. The van der Waals surface area contributed by atoms with E-state index in [1.54, 1.807) is 0 Å². The molecule has 1 fully saturated rings. The third kappa shape index (κ3) is 2.68. The Balaban J connectivity index is 2.06. The monoisotopic (exact) mass is 318 g/mol. The smallest absolute Gasteiger partial charge is 0.119 e. The Hall–Kier alpha value is -1.06. The van der Waals surface area contributed by atoms with Crippen molar-refractivity contribution in [3.05, 3.63) is 28.8 Å². The zero-order valence-corrected chi connectivity index (χ0v) is 14.8. The number of aryl methyl sites for hydroxylation is 1. The van der Waals surface area contributed by atoms with Crippen molar-refractivity contribution in [3.8, 4) is 5.75 Å². The Bertz CT molecular complexity index is 605. The van der Waals surface area contributed by atoms with Crippen molar-refractivity contribution < 1.29 is 15.3 Å². The first-order valence-corrected chi connectivity index (χ1v) is 8.90. The van der Waals surface area contributed by atoms with Crippen LogP contribution in [0.15, 0.2) is 12.1 Å². The highest BCUT2D eigenvalue weighted by atomic mass is 16.3. The number of hydrogen-bond acceptors (Lipinski definition) is 3. The van der Waals surface area contributed by atoms with Crippen LogP contribution < -0.4 is 0 Å². The van der Waals surface area contributed by atoms with E-state index >= 15 is 0 Å². The summed E-state index contributed by atoms with van der Waals surface area (Å²) < 4.78 is 0. The van der Waals surface area contributed by atoms with E-state index in [9.17, 15) is 15.3 Å². The van der Waals surface area contributed by atoms with Crippen LogP contribution in [0, 0.1) is 11.3 Å². The molecule has 0 bridgehead atoms. The van der Waals surface area contributed by atoms with Crippen molar-refractivity contribution in [2.24, 2.45) is 11.3 Å². The number of aromatic hydroxyl groups is 1. The van der Waals surface area contributed by atoms with Gasteiger partial charge in [-0.25, -0.2) is 0 Å². The zero-order valence-electron chi connectivity index (χ0n) is 14.8. The first-order valence-electron chi connectivity index (χ1n) is 8.90. The van der Waals surface area contributed by atoms with Crippen LogP contribution in [0.4, 0.5) is 0 Å². The van der Waals surface area contributed by atoms with Gasteiger partial charge < -0.3 is 15.3 Å². The van der Waals surface area contributed by atoms with E-state index in [0.717, 1.165) is 30.4 Å². The number of benzene rings is 1. The quantitative estimate of drug-likeness (QED) is 0.742. The lowest BCUT2D eigenvalue weighted by molar-refractivity contribution is -0.173. The topological polar surface area (TPSA) is 60.7 Å². The Morgan fingerprint density at radius 1 is 1.13 bits per heavy atom. The molecule has 3 heteroatoms. The number of phenols is 1. The van der Waals surface area contributed by atoms with Gasteiger partial charge in [0, 0.05) is 6.42 Å². The van der Waals surface area contributed by atoms with E-state index in [1.807, 2.05) is 6.07 Å². The molecule has 3 atom stereocenters. The summed E-state index contributed by atoms with van der Waals surface area (Å²) in [6, 6.07) is 3.93. The van der Waals surface area contributed by atoms with Crippen LogP contribution in [-0.4, -0.2) is 27.0 Å². The molecule has 3 N–H and O–H groups in total. The molecule has 0 aliphatic heterocycles. The summed E-state index contributed by atoms with van der Waals surface area (Å²) in [6.45, 7) is 8.58. The standard InChI is InChI=1S/C20H30O3/c1-12(2)15-9-13-5-6-17-19(3,4)8-7-18(22)20(17,23)11-14(13)10-16(15)21/h9-10,12,17-18,21-23H,5-8,11H2,1-4H3. The molecule has 0 amide bonds. The van der Waals surface area contributed by atoms with Crippen LogP contribution >= 0.6 is 0 Å². The highest BCUT2D eigenvalue weighted by molar-refractivity contribution is 5.45. The van der Waals surface area contributed by atoms with Crippen LogP contribution in [0.5, 0.6) is 5.75 Å². The maximum atomic E-state index is 11.4. The molecule has 0 radical (unpaired) electrons. The molecule has 23 heavy (non-hydrogen) atoms. The number of aliphatic hydroxyl groups excluding tert-OH is 1. The third-order valence-electron chi connectivity index (χ3n) is 6.33. The number of rotatable bonds is 1. The van der Waals surface area contributed by atoms with Crippen LogP contribution in [0.3, 0.4) is 0 Å². The van der Waals surface area contributed by atoms with Gasteiger partial charge in [0.25, 0.3) is 0 Å². The Morgan fingerprint density at radius 3 is 2.48 bits per heavy atom. The second kappa shape index (κ2) is 5.49. The van der Waals surface area contributed by atoms with E-state index < -0.39 is 11.7 Å². The summed E-state index contributed by atoms with van der Waals surface area (Å²) in [5.74, 6) is 0.664. The third-order valence-corrected chi connectivity index (χ3v) is 6.33. The summed E-state index contributed by atoms with van der Waals surface area (Å²) in [5, 5.41) is 32.2. The highest BCUT2D eigenvalue weighted by Crippen LogP contribution is 2.51. The van der Waals surface area contributed by atoms with Crippen molar-refractivity contribution in [2.45, 2.75) is 77.4 Å². The van der Waals surface area contributed by atoms with Crippen molar-refractivity contribution >= 4 is 0 Å². The summed E-state index contributed by atoms with van der Waals surface area (Å²) in [4.78, 5) is 0. The van der Waals surface area contributed by atoms with Crippen molar-refractivity contribution in [1.29, 1.82) is 0 Å². The zero-order chi connectivity index (χ0) is 17.0. The van der Waals surface area contributed by atoms with Crippen LogP contribution in [0.1, 0.15) is 69.6 Å². The average Bonchev–Trinajstić information content (AvgIpc) is 2.59. The molecule has 2 aliphatic rings. The predicted molar refractivity (Wildman–Crippen MR) is 91.7 cm³/mol. The SMILES string of the molecule is CC(C)c1cc2c(cc1O)CC1(O)C(O)CCC(C)(C)C1CC2. The molecule has 3 unspecified atom stereocenters. The number of aliphatic hydroxyl groups is 2. The lowest BCUT2D eigenvalue weighted by atomic mass is 9.58. The minimum absolute atomic E-state index is 0.0267. The van der Waals surface area contributed by atoms with Gasteiger partial charge in [-0.1, -0.05) is 33.8 Å². The first-order chi connectivity index (χ1) is 10.6. The summed E-state index contributed by atoms with van der Waals surface area (Å²) in [6.07, 6.45) is 3.13. The average molecular weight is 318 g/mol. The normalized spacial score (nSPS) is 33.0. The molecule has 0 spiro atoms. The van der Waals surface area contributed by atoms with Gasteiger partial charge >= 0.3 is 0 Å². The van der Waals surface area contributed by atoms with Crippen molar-refractivity contribution in [1.82, 2.24) is 0 Å². The fourth-order valence-corrected chi connectivity index (χ4v) is 4.88. The van der Waals surface area contributed by atoms with Crippen LogP contribution in [0.25, 0.3) is 0 Å². The van der Waals surface area contributed by atoms with Gasteiger partial charge in [0.15, 0.2) is 0 Å². The van der Waals surface area contributed by atoms with E-state index in [-0.39, 0.29) is 17.3 Å². The van der Waals surface area contributed by atoms with Crippen molar-refractivity contribution in [3.63, 3.8) is 0 Å². The van der Waals surface area contributed by atoms with Crippen LogP contribution in [-0.2, 0) is 12.8 Å². The molecular weight excluding hydrogens is 288 g/mol. The highest BCUT2D eigenvalue weighted by Gasteiger charge is 2.54. The minimum atomic E-state index is -1.08. The molecule has 0 heterocycles. The van der Waals surface area contributed by atoms with Gasteiger partial charge in [0.2, 0.25) is 0 Å². The van der Waals surface area contributed by atoms with E-state index in [1.165, 1.54) is 5.56 Å². The maximum Gasteiger partial charge on any atom is 0.119 e. The lowest BCUT2D eigenvalue weighted by Gasteiger charge is -2.51. The van der Waals surface area contributed by atoms with Gasteiger partial charge in [0.05, 0.1) is 11.7 Å². The van der Waals surface area contributed by atoms with E-state index in [0.29, 0.717) is 18.6 Å².